The fourth-order valence-corrected chi connectivity index (χ4v) is 2.05. The Hall–Kier alpha value is -1.73. The van der Waals surface area contributed by atoms with Gasteiger partial charge in [-0.1, -0.05) is 11.3 Å². The van der Waals surface area contributed by atoms with Crippen LogP contribution in [0.1, 0.15) is 10.6 Å². The number of nitrogens with zero attached hydrogens (tertiary/aromatic N) is 2. The van der Waals surface area contributed by atoms with Gasteiger partial charge < -0.3 is 5.32 Å². The second-order valence-corrected chi connectivity index (χ2v) is 4.33. The van der Waals surface area contributed by atoms with E-state index in [1.807, 2.05) is 6.07 Å². The van der Waals surface area contributed by atoms with E-state index in [0.717, 1.165) is 10.6 Å². The minimum absolute atomic E-state index is 0.179. The summed E-state index contributed by atoms with van der Waals surface area (Å²) in [6.07, 6.45) is 1.69. The second kappa shape index (κ2) is 4.86. The summed E-state index contributed by atoms with van der Waals surface area (Å²) in [5.74, 6) is 0. The average Bonchev–Trinajstić information content (AvgIpc) is 2.87. The highest BCUT2D eigenvalue weighted by Crippen LogP contribution is 2.23. The molecule has 0 atom stereocenters. The van der Waals surface area contributed by atoms with Crippen LogP contribution in [0.5, 0.6) is 0 Å². The summed E-state index contributed by atoms with van der Waals surface area (Å²) in [4.78, 5) is 11.0. The maximum absolute atomic E-state index is 10.5. The number of hydrogen-bond donors (Lipinski definition) is 2. The molecule has 0 aromatic carbocycles. The quantitative estimate of drug-likeness (QED) is 0.613. The first-order valence-electron chi connectivity index (χ1n) is 4.68. The first-order valence-corrected chi connectivity index (χ1v) is 5.49. The standard InChI is InChI=1S/C9H10N4O2S/c14-13(15)9-2-1-8(16-9)6-10-5-7-3-4-11-12-7/h1-4,10H,5-6H2,(H,11,12). The van der Waals surface area contributed by atoms with Gasteiger partial charge in [-0.25, -0.2) is 0 Å². The van der Waals surface area contributed by atoms with E-state index >= 15 is 0 Å². The van der Waals surface area contributed by atoms with E-state index in [1.54, 1.807) is 12.3 Å². The van der Waals surface area contributed by atoms with Crippen LogP contribution in [-0.4, -0.2) is 15.1 Å². The number of nitro groups is 1. The Morgan fingerprint density at radius 2 is 2.31 bits per heavy atom. The molecule has 2 N–H and O–H groups in total. The molecule has 2 aromatic heterocycles. The first kappa shape index (κ1) is 10.8. The zero-order valence-electron chi connectivity index (χ0n) is 8.34. The molecule has 0 aliphatic heterocycles. The number of thiophene rings is 1. The summed E-state index contributed by atoms with van der Waals surface area (Å²) in [7, 11) is 0. The van der Waals surface area contributed by atoms with Gasteiger partial charge in [-0.2, -0.15) is 5.10 Å². The predicted molar refractivity (Wildman–Crippen MR) is 60.1 cm³/mol. The largest absolute Gasteiger partial charge is 0.324 e. The van der Waals surface area contributed by atoms with Crippen molar-refractivity contribution in [1.29, 1.82) is 0 Å². The zero-order valence-corrected chi connectivity index (χ0v) is 9.16. The summed E-state index contributed by atoms with van der Waals surface area (Å²) in [6, 6.07) is 5.17. The molecule has 2 aromatic rings. The third-order valence-corrected chi connectivity index (χ3v) is 3.04. The minimum Gasteiger partial charge on any atom is -0.306 e. The Balaban J connectivity index is 1.83. The molecule has 84 valence electrons. The fraction of sp³-hybridized carbons (Fsp3) is 0.222. The number of aromatic nitrogens is 2. The SMILES string of the molecule is O=[N+]([O-])c1ccc(CNCc2ccn[nH]2)s1. The second-order valence-electron chi connectivity index (χ2n) is 3.18. The van der Waals surface area contributed by atoms with E-state index in [4.69, 9.17) is 0 Å². The molecule has 0 unspecified atom stereocenters. The molecule has 2 rings (SSSR count). The molecule has 0 aliphatic rings. The molecule has 0 bridgehead atoms. The van der Waals surface area contributed by atoms with Crippen LogP contribution in [0.2, 0.25) is 0 Å². The summed E-state index contributed by atoms with van der Waals surface area (Å²) in [5, 5.41) is 20.5. The van der Waals surface area contributed by atoms with Gasteiger partial charge in [0, 0.05) is 35.9 Å². The monoisotopic (exact) mass is 238 g/mol. The lowest BCUT2D eigenvalue weighted by Gasteiger charge is -1.99. The number of nitrogens with one attached hydrogen (secondary N) is 2. The van der Waals surface area contributed by atoms with E-state index in [0.29, 0.717) is 13.1 Å². The number of aromatic amines is 1. The molecule has 0 radical (unpaired) electrons. The highest BCUT2D eigenvalue weighted by molar-refractivity contribution is 7.15. The van der Waals surface area contributed by atoms with Gasteiger partial charge in [0.05, 0.1) is 4.92 Å². The number of rotatable bonds is 5. The number of H-pyrrole nitrogens is 1. The Labute approximate surface area is 95.5 Å². The molecule has 0 amide bonds. The lowest BCUT2D eigenvalue weighted by atomic mass is 10.4. The van der Waals surface area contributed by atoms with Crippen molar-refractivity contribution in [3.8, 4) is 0 Å². The normalized spacial score (nSPS) is 10.5. The molecule has 6 nitrogen and oxygen atoms in total. The van der Waals surface area contributed by atoms with Crippen LogP contribution in [-0.2, 0) is 13.1 Å². The Morgan fingerprint density at radius 3 is 2.94 bits per heavy atom. The maximum Gasteiger partial charge on any atom is 0.324 e. The van der Waals surface area contributed by atoms with Gasteiger partial charge >= 0.3 is 5.00 Å². The highest BCUT2D eigenvalue weighted by atomic mass is 32.1. The topological polar surface area (TPSA) is 83.8 Å². The average molecular weight is 238 g/mol. The Kier molecular flexibility index (Phi) is 3.28. The van der Waals surface area contributed by atoms with E-state index in [-0.39, 0.29) is 9.92 Å². The van der Waals surface area contributed by atoms with Crippen LogP contribution in [0.15, 0.2) is 24.4 Å². The van der Waals surface area contributed by atoms with Crippen molar-refractivity contribution in [2.45, 2.75) is 13.1 Å². The first-order chi connectivity index (χ1) is 7.75. The summed E-state index contributed by atoms with van der Waals surface area (Å²) in [6.45, 7) is 1.29. The van der Waals surface area contributed by atoms with Gasteiger partial charge in [0.25, 0.3) is 0 Å². The number of hydrogen-bond acceptors (Lipinski definition) is 5. The minimum atomic E-state index is -0.372. The van der Waals surface area contributed by atoms with Crippen LogP contribution < -0.4 is 5.32 Å². The van der Waals surface area contributed by atoms with Crippen molar-refractivity contribution in [2.75, 3.05) is 0 Å². The van der Waals surface area contributed by atoms with Crippen molar-refractivity contribution in [3.63, 3.8) is 0 Å². The van der Waals surface area contributed by atoms with E-state index in [2.05, 4.69) is 15.5 Å². The molecule has 2 heterocycles. The zero-order chi connectivity index (χ0) is 11.4. The van der Waals surface area contributed by atoms with Crippen molar-refractivity contribution in [3.05, 3.63) is 45.1 Å². The summed E-state index contributed by atoms with van der Waals surface area (Å²) >= 11 is 1.19. The third-order valence-electron chi connectivity index (χ3n) is 2.00. The van der Waals surface area contributed by atoms with Gasteiger partial charge in [0.15, 0.2) is 0 Å². The molecule has 0 saturated heterocycles. The molecular formula is C9H10N4O2S. The third kappa shape index (κ3) is 2.65. The van der Waals surface area contributed by atoms with E-state index in [9.17, 15) is 10.1 Å². The van der Waals surface area contributed by atoms with Gasteiger partial charge in [-0.3, -0.25) is 15.2 Å². The van der Waals surface area contributed by atoms with Crippen LogP contribution >= 0.6 is 11.3 Å². The summed E-state index contributed by atoms with van der Waals surface area (Å²) in [5.41, 5.74) is 0.992. The smallest absolute Gasteiger partial charge is 0.306 e. The van der Waals surface area contributed by atoms with Crippen LogP contribution in [0.25, 0.3) is 0 Å². The fourth-order valence-electron chi connectivity index (χ4n) is 1.26. The molecule has 7 heteroatoms. The Bertz CT molecular complexity index is 466. The lowest BCUT2D eigenvalue weighted by molar-refractivity contribution is -0.380. The van der Waals surface area contributed by atoms with Crippen molar-refractivity contribution in [2.24, 2.45) is 0 Å². The molecule has 0 aliphatic carbocycles. The van der Waals surface area contributed by atoms with Crippen LogP contribution in [0.3, 0.4) is 0 Å². The summed E-state index contributed by atoms with van der Waals surface area (Å²) < 4.78 is 0. The predicted octanol–water partition coefficient (Wildman–Crippen LogP) is 1.67. The lowest BCUT2D eigenvalue weighted by Crippen LogP contribution is -2.11. The Morgan fingerprint density at radius 1 is 1.44 bits per heavy atom. The highest BCUT2D eigenvalue weighted by Gasteiger charge is 2.08. The molecule has 0 fully saturated rings. The van der Waals surface area contributed by atoms with Gasteiger partial charge in [0.2, 0.25) is 0 Å². The van der Waals surface area contributed by atoms with Crippen molar-refractivity contribution < 1.29 is 4.92 Å². The van der Waals surface area contributed by atoms with Crippen molar-refractivity contribution >= 4 is 16.3 Å². The molecule has 0 saturated carbocycles. The van der Waals surface area contributed by atoms with Crippen LogP contribution in [0.4, 0.5) is 5.00 Å². The van der Waals surface area contributed by atoms with Gasteiger partial charge in [0.1, 0.15) is 0 Å². The van der Waals surface area contributed by atoms with Gasteiger partial charge in [-0.15, -0.1) is 0 Å². The van der Waals surface area contributed by atoms with E-state index in [1.165, 1.54) is 17.4 Å². The van der Waals surface area contributed by atoms with E-state index < -0.39 is 0 Å². The van der Waals surface area contributed by atoms with Gasteiger partial charge in [-0.05, 0) is 12.1 Å². The maximum atomic E-state index is 10.5. The molecule has 0 spiro atoms. The van der Waals surface area contributed by atoms with Crippen LogP contribution in [0, 0.1) is 10.1 Å². The van der Waals surface area contributed by atoms with Crippen molar-refractivity contribution in [1.82, 2.24) is 15.5 Å². The molecular weight excluding hydrogens is 228 g/mol. The molecule has 16 heavy (non-hydrogen) atoms.